The molecule has 1 heterocycles. The number of benzene rings is 18. The Bertz CT molecular complexity index is 6220. The molecule has 0 bridgehead atoms. The molecule has 0 fully saturated rings. The normalized spacial score (nSPS) is 11.7. The van der Waals surface area contributed by atoms with E-state index in [-0.39, 0.29) is 0 Å². The van der Waals surface area contributed by atoms with Crippen molar-refractivity contribution in [1.29, 1.82) is 0 Å². The van der Waals surface area contributed by atoms with Gasteiger partial charge in [0.05, 0.1) is 34.1 Å². The summed E-state index contributed by atoms with van der Waals surface area (Å²) in [4.78, 5) is 9.46. The maximum atomic E-state index is 7.02. The van der Waals surface area contributed by atoms with Gasteiger partial charge >= 0.3 is 0 Å². The molecule has 480 valence electrons. The summed E-state index contributed by atoms with van der Waals surface area (Å²) in [6.45, 7) is 0. The van der Waals surface area contributed by atoms with Gasteiger partial charge in [-0.15, -0.1) is 0 Å². The molecule has 0 saturated carbocycles. The molecule has 0 aromatic heterocycles. The molecule has 19 rings (SSSR count). The van der Waals surface area contributed by atoms with Gasteiger partial charge in [-0.2, -0.15) is 0 Å². The van der Waals surface area contributed by atoms with Gasteiger partial charge in [-0.05, 0) is 193 Å². The Hall–Kier alpha value is -13.7. The van der Waals surface area contributed by atoms with E-state index in [2.05, 4.69) is 402 Å². The number of hydrogen-bond donors (Lipinski definition) is 0. The van der Waals surface area contributed by atoms with Crippen LogP contribution in [-0.2, 0) is 0 Å². The van der Waals surface area contributed by atoms with Crippen LogP contribution in [0.25, 0.3) is 86.9 Å². The summed E-state index contributed by atoms with van der Waals surface area (Å²) in [7, 11) is 0. The highest BCUT2D eigenvalue weighted by atomic mass is 16.6. The Morgan fingerprint density at radius 1 is 0.147 bits per heavy atom. The van der Waals surface area contributed by atoms with E-state index in [0.717, 1.165) is 117 Å². The van der Waals surface area contributed by atoms with Crippen molar-refractivity contribution in [3.05, 3.63) is 388 Å². The van der Waals surface area contributed by atoms with Crippen molar-refractivity contribution in [2.24, 2.45) is 0 Å². The molecular weight excluding hydrogens is 1240 g/mol. The third-order valence-corrected chi connectivity index (χ3v) is 19.9. The Labute approximate surface area is 591 Å². The molecule has 0 radical (unpaired) electrons. The molecular formula is C96H64N4O2. The van der Waals surface area contributed by atoms with E-state index in [4.69, 9.17) is 9.47 Å². The monoisotopic (exact) mass is 1300 g/mol. The van der Waals surface area contributed by atoms with Gasteiger partial charge in [0.25, 0.3) is 0 Å². The van der Waals surface area contributed by atoms with Gasteiger partial charge in [0.15, 0.2) is 23.0 Å². The second kappa shape index (κ2) is 25.3. The van der Waals surface area contributed by atoms with E-state index in [9.17, 15) is 0 Å². The van der Waals surface area contributed by atoms with Crippen molar-refractivity contribution in [1.82, 2.24) is 0 Å². The van der Waals surface area contributed by atoms with Gasteiger partial charge < -0.3 is 29.1 Å². The molecule has 6 nitrogen and oxygen atoms in total. The first-order valence-electron chi connectivity index (χ1n) is 34.7. The highest BCUT2D eigenvalue weighted by Gasteiger charge is 2.27. The average Bonchev–Trinajstić information content (AvgIpc) is 0.754. The fourth-order valence-corrected chi connectivity index (χ4v) is 15.2. The van der Waals surface area contributed by atoms with E-state index >= 15 is 0 Å². The number of para-hydroxylation sites is 3. The van der Waals surface area contributed by atoms with Crippen molar-refractivity contribution in [3.8, 4) is 45.3 Å². The zero-order valence-corrected chi connectivity index (χ0v) is 55.6. The minimum Gasteiger partial charge on any atom is -0.449 e. The third-order valence-electron chi connectivity index (χ3n) is 19.9. The van der Waals surface area contributed by atoms with Gasteiger partial charge in [0.2, 0.25) is 0 Å². The van der Waals surface area contributed by atoms with E-state index in [1.165, 1.54) is 37.7 Å². The summed E-state index contributed by atoms with van der Waals surface area (Å²) in [5, 5.41) is 14.0. The van der Waals surface area contributed by atoms with Crippen molar-refractivity contribution in [2.75, 3.05) is 19.6 Å². The second-order valence-electron chi connectivity index (χ2n) is 26.0. The Kier molecular flexibility index (Phi) is 14.8. The molecule has 0 saturated heterocycles. The van der Waals surface area contributed by atoms with Crippen LogP contribution in [0.4, 0.5) is 68.2 Å². The van der Waals surface area contributed by atoms with Crippen LogP contribution in [0.2, 0.25) is 0 Å². The molecule has 1 aliphatic rings. The van der Waals surface area contributed by atoms with Gasteiger partial charge in [0, 0.05) is 67.8 Å². The van der Waals surface area contributed by atoms with Crippen LogP contribution in [0, 0.1) is 0 Å². The zero-order valence-electron chi connectivity index (χ0n) is 55.6. The molecule has 18 aromatic carbocycles. The summed E-state index contributed by atoms with van der Waals surface area (Å²) in [6.07, 6.45) is 0. The molecule has 0 unspecified atom stereocenters. The second-order valence-corrected chi connectivity index (χ2v) is 26.0. The predicted molar refractivity (Wildman–Crippen MR) is 428 cm³/mol. The van der Waals surface area contributed by atoms with E-state index in [1.54, 1.807) is 0 Å². The quantitative estimate of drug-likeness (QED) is 0.101. The lowest BCUT2D eigenvalue weighted by Gasteiger charge is -2.30. The Balaban J connectivity index is 0.690. The molecule has 6 heteroatoms. The Morgan fingerprint density at radius 2 is 0.471 bits per heavy atom. The van der Waals surface area contributed by atoms with Crippen molar-refractivity contribution >= 4 is 133 Å². The zero-order chi connectivity index (χ0) is 67.5. The average molecular weight is 1310 g/mol. The number of rotatable bonds is 14. The smallest absolute Gasteiger partial charge is 0.172 e. The summed E-state index contributed by atoms with van der Waals surface area (Å²) < 4.78 is 14.0. The fraction of sp³-hybridized carbons (Fsp3) is 0. The number of nitrogens with zero attached hydrogens (tertiary/aromatic N) is 4. The predicted octanol–water partition coefficient (Wildman–Crippen LogP) is 27.7. The summed E-state index contributed by atoms with van der Waals surface area (Å²) in [5.74, 6) is 2.51. The van der Waals surface area contributed by atoms with Gasteiger partial charge in [-0.25, -0.2) is 0 Å². The summed E-state index contributed by atoms with van der Waals surface area (Å²) in [5.41, 5.74) is 16.9. The lowest BCUT2D eigenvalue weighted by molar-refractivity contribution is 0.360. The maximum absolute atomic E-state index is 7.02. The highest BCUT2D eigenvalue weighted by molar-refractivity contribution is 6.16. The number of fused-ring (bicyclic) bond motifs is 10. The minimum absolute atomic E-state index is 0.619. The summed E-state index contributed by atoms with van der Waals surface area (Å²) >= 11 is 0. The lowest BCUT2D eigenvalue weighted by atomic mass is 9.96. The molecule has 0 N–H and O–H groups in total. The van der Waals surface area contributed by atoms with Crippen LogP contribution in [0.3, 0.4) is 0 Å². The van der Waals surface area contributed by atoms with Crippen molar-refractivity contribution in [2.45, 2.75) is 0 Å². The first-order chi connectivity index (χ1) is 50.6. The van der Waals surface area contributed by atoms with E-state index in [1.807, 2.05) is 6.07 Å². The Morgan fingerprint density at radius 3 is 0.971 bits per heavy atom. The lowest BCUT2D eigenvalue weighted by Crippen LogP contribution is -2.12. The van der Waals surface area contributed by atoms with Gasteiger partial charge in [-0.3, -0.25) is 0 Å². The molecule has 0 atom stereocenters. The van der Waals surface area contributed by atoms with Crippen LogP contribution in [-0.4, -0.2) is 0 Å². The number of anilines is 12. The van der Waals surface area contributed by atoms with Crippen LogP contribution in [0.15, 0.2) is 388 Å². The SMILES string of the molecule is c1ccc(N(c2ccc(-c3ccc(N(c4ccccc4)c4cc(-c5cccc(N(c6ccc7c(c6)Oc6ccc(N(c8ccccc8)c8cc9ccccc9c9ccccc89)cc6O7)c6cc7ccccc7c7ccccc67)c5)cc5ccccc45)cc3)cc2)c2cccc3ccccc23)cc1. The van der Waals surface area contributed by atoms with Crippen LogP contribution in [0.5, 0.6) is 23.0 Å². The molecule has 18 aromatic rings. The van der Waals surface area contributed by atoms with Gasteiger partial charge in [0.1, 0.15) is 0 Å². The molecule has 0 aliphatic carbocycles. The van der Waals surface area contributed by atoms with Crippen LogP contribution in [0.1, 0.15) is 0 Å². The summed E-state index contributed by atoms with van der Waals surface area (Å²) in [6, 6.07) is 139. The largest absolute Gasteiger partial charge is 0.449 e. The van der Waals surface area contributed by atoms with Crippen molar-refractivity contribution in [3.63, 3.8) is 0 Å². The van der Waals surface area contributed by atoms with Crippen molar-refractivity contribution < 1.29 is 9.47 Å². The molecule has 0 amide bonds. The van der Waals surface area contributed by atoms with E-state index < -0.39 is 0 Å². The van der Waals surface area contributed by atoms with Crippen LogP contribution < -0.4 is 29.1 Å². The fourth-order valence-electron chi connectivity index (χ4n) is 15.2. The van der Waals surface area contributed by atoms with Crippen LogP contribution >= 0.6 is 0 Å². The first-order valence-corrected chi connectivity index (χ1v) is 34.7. The molecule has 102 heavy (non-hydrogen) atoms. The van der Waals surface area contributed by atoms with Gasteiger partial charge in [-0.1, -0.05) is 249 Å². The maximum Gasteiger partial charge on any atom is 0.172 e. The van der Waals surface area contributed by atoms with E-state index in [0.29, 0.717) is 23.0 Å². The third kappa shape index (κ3) is 10.7. The number of hydrogen-bond acceptors (Lipinski definition) is 6. The minimum atomic E-state index is 0.619. The topological polar surface area (TPSA) is 31.4 Å². The standard InChI is InChI=1S/C96H64N4O2/c1-4-30-73(31-5-1)97(89-45-23-28-67-24-10-16-39-83(67)89)76-50-46-65(47-51-76)66-48-52-77(53-49-66)98(74-32-6-2-7-33-74)90-62-72(58-69-25-13-17-40-84(69)90)68-29-22-36-78(59-68)100(92-61-71-27-12-15-38-82(71)86-42-19-21-44-88(86)92)80-55-57-94-96(64-80)102-93-56-54-79(63-95(93)101-94)99(75-34-8-3-9-35-75)91-60-70-26-11-14-37-81(70)85-41-18-20-43-87(85)91/h1-64H. The molecule has 0 spiro atoms. The highest BCUT2D eigenvalue weighted by Crippen LogP contribution is 2.53. The first kappa shape index (κ1) is 59.6. The molecule has 1 aliphatic heterocycles. The number of ether oxygens (including phenoxy) is 2.